The van der Waals surface area contributed by atoms with Crippen LogP contribution in [0.1, 0.15) is 45.4 Å². The number of amides is 3. The summed E-state index contributed by atoms with van der Waals surface area (Å²) >= 11 is 0. The Balaban J connectivity index is 2.22. The Labute approximate surface area is 185 Å². The van der Waals surface area contributed by atoms with Gasteiger partial charge in [-0.05, 0) is 30.1 Å². The summed E-state index contributed by atoms with van der Waals surface area (Å²) in [6.07, 6.45) is 3.01. The van der Waals surface area contributed by atoms with E-state index in [0.717, 1.165) is 29.8 Å². The molecule has 2 unspecified atom stereocenters. The Kier molecular flexibility index (Phi) is 9.76. The van der Waals surface area contributed by atoms with Crippen LogP contribution in [0, 0.1) is 11.7 Å². The first kappa shape index (κ1) is 25.4. The summed E-state index contributed by atoms with van der Waals surface area (Å²) in [7, 11) is 1.30. The minimum absolute atomic E-state index is 0.102. The highest BCUT2D eigenvalue weighted by Crippen LogP contribution is 2.25. The molecule has 2 rings (SSSR count). The van der Waals surface area contributed by atoms with E-state index >= 15 is 0 Å². The Hall–Kier alpha value is -2.82. The average molecular weight is 457 g/mol. The topological polar surface area (TPSA) is 103 Å². The monoisotopic (exact) mass is 457 g/mol. The van der Waals surface area contributed by atoms with E-state index in [1.54, 1.807) is 0 Å². The molecule has 1 aromatic heterocycles. The normalized spacial score (nSPS) is 19.2. The lowest BCUT2D eigenvalue weighted by Crippen LogP contribution is -2.56. The quantitative estimate of drug-likeness (QED) is 0.172. The molecule has 1 aliphatic rings. The predicted octanol–water partition coefficient (Wildman–Crippen LogP) is 1.48. The lowest BCUT2D eigenvalue weighted by Gasteiger charge is -2.37. The Morgan fingerprint density at radius 1 is 1.41 bits per heavy atom. The van der Waals surface area contributed by atoms with Crippen molar-refractivity contribution in [2.24, 2.45) is 5.92 Å². The number of piperidine rings is 1. The summed E-state index contributed by atoms with van der Waals surface area (Å²) in [5, 5.41) is 12.6. The largest absolute Gasteiger partial charge is 0.339 e. The standard InChI is InChI=1S/C21H30F2N4O5/c1-3-4-5-6-15(11-25(31)14-28)21(30)26-12-16(22)7-9-18(26)20(29)24-19-10-8-17(23)13-27(19)32-2/h8,10,13-16,18,31H,3-7,9,11-12H2,1-2H3/p+1/t15?,16-,18?/m1/s1. The van der Waals surface area contributed by atoms with Crippen LogP contribution in [-0.4, -0.2) is 65.8 Å². The molecule has 3 atom stereocenters. The van der Waals surface area contributed by atoms with Crippen molar-refractivity contribution in [3.63, 3.8) is 0 Å². The van der Waals surface area contributed by atoms with E-state index in [-0.39, 0.29) is 38.2 Å². The number of alkyl halides is 1. The van der Waals surface area contributed by atoms with Gasteiger partial charge in [0.15, 0.2) is 12.0 Å². The van der Waals surface area contributed by atoms with E-state index in [1.165, 1.54) is 18.1 Å². The maximum absolute atomic E-state index is 14.2. The summed E-state index contributed by atoms with van der Waals surface area (Å²) in [4.78, 5) is 43.3. The minimum Gasteiger partial charge on any atom is -0.339 e. The van der Waals surface area contributed by atoms with E-state index in [0.29, 0.717) is 17.9 Å². The smallest absolute Gasteiger partial charge is 0.330 e. The molecule has 0 spiro atoms. The summed E-state index contributed by atoms with van der Waals surface area (Å²) < 4.78 is 28.7. The van der Waals surface area contributed by atoms with Crippen LogP contribution in [0.3, 0.4) is 0 Å². The van der Waals surface area contributed by atoms with Crippen LogP contribution in [0.5, 0.6) is 0 Å². The first-order chi connectivity index (χ1) is 15.3. The van der Waals surface area contributed by atoms with Crippen molar-refractivity contribution in [3.8, 4) is 0 Å². The van der Waals surface area contributed by atoms with E-state index < -0.39 is 35.8 Å². The van der Waals surface area contributed by atoms with Crippen molar-refractivity contribution >= 4 is 24.0 Å². The number of rotatable bonds is 11. The van der Waals surface area contributed by atoms with Crippen molar-refractivity contribution in [2.75, 3.05) is 25.5 Å². The number of unbranched alkanes of at least 4 members (excludes halogenated alkanes) is 2. The van der Waals surface area contributed by atoms with Crippen molar-refractivity contribution < 1.29 is 37.9 Å². The third-order valence-corrected chi connectivity index (χ3v) is 5.47. The predicted molar refractivity (Wildman–Crippen MR) is 110 cm³/mol. The van der Waals surface area contributed by atoms with Gasteiger partial charge in [-0.25, -0.2) is 24.0 Å². The number of halogens is 2. The van der Waals surface area contributed by atoms with E-state index in [2.05, 4.69) is 5.32 Å². The zero-order valence-corrected chi connectivity index (χ0v) is 18.4. The van der Waals surface area contributed by atoms with Crippen LogP contribution >= 0.6 is 0 Å². The summed E-state index contributed by atoms with van der Waals surface area (Å²) in [5.74, 6) is -2.25. The molecule has 0 radical (unpaired) electrons. The third kappa shape index (κ3) is 6.84. The van der Waals surface area contributed by atoms with Crippen molar-refractivity contribution in [3.05, 3.63) is 24.1 Å². The maximum atomic E-state index is 14.2. The Morgan fingerprint density at radius 3 is 2.81 bits per heavy atom. The summed E-state index contributed by atoms with van der Waals surface area (Å²) in [5.41, 5.74) is 0. The molecule has 0 aromatic carbocycles. The number of nitrogens with one attached hydrogen (secondary N) is 1. The van der Waals surface area contributed by atoms with Gasteiger partial charge in [0.25, 0.3) is 0 Å². The molecule has 0 saturated carbocycles. The number of nitrogens with zero attached hydrogens (tertiary/aromatic N) is 3. The molecular formula is C21H31F2N4O5+. The van der Waals surface area contributed by atoms with Gasteiger partial charge in [-0.15, -0.1) is 0 Å². The number of aromatic nitrogens is 1. The van der Waals surface area contributed by atoms with Gasteiger partial charge in [0.2, 0.25) is 12.3 Å². The second-order valence-corrected chi connectivity index (χ2v) is 7.83. The first-order valence-corrected chi connectivity index (χ1v) is 10.7. The van der Waals surface area contributed by atoms with Crippen LogP contribution in [0.25, 0.3) is 0 Å². The Bertz CT molecular complexity index is 797. The lowest BCUT2D eigenvalue weighted by atomic mass is 9.94. The van der Waals surface area contributed by atoms with Gasteiger partial charge in [0.1, 0.15) is 19.3 Å². The Morgan fingerprint density at radius 2 is 2.16 bits per heavy atom. The van der Waals surface area contributed by atoms with Gasteiger partial charge < -0.3 is 9.74 Å². The van der Waals surface area contributed by atoms with E-state index in [1.807, 2.05) is 6.92 Å². The van der Waals surface area contributed by atoms with E-state index in [4.69, 9.17) is 4.84 Å². The molecule has 1 saturated heterocycles. The fraction of sp³-hybridized carbons (Fsp3) is 0.619. The van der Waals surface area contributed by atoms with Crippen LogP contribution in [0.2, 0.25) is 0 Å². The molecule has 2 heterocycles. The molecule has 1 aliphatic heterocycles. The fourth-order valence-electron chi connectivity index (χ4n) is 3.79. The number of likely N-dealkylation sites (tertiary alicyclic amines) is 1. The molecule has 1 fully saturated rings. The number of hydrogen-bond donors (Lipinski definition) is 2. The lowest BCUT2D eigenvalue weighted by molar-refractivity contribution is -0.875. The number of anilines is 1. The second kappa shape index (κ2) is 12.3. The van der Waals surface area contributed by atoms with Crippen LogP contribution in [-0.2, 0) is 14.4 Å². The van der Waals surface area contributed by atoms with Crippen LogP contribution < -0.4 is 14.9 Å². The van der Waals surface area contributed by atoms with Gasteiger partial charge >= 0.3 is 11.7 Å². The maximum Gasteiger partial charge on any atom is 0.330 e. The molecular weight excluding hydrogens is 426 g/mol. The fourth-order valence-corrected chi connectivity index (χ4v) is 3.79. The third-order valence-electron chi connectivity index (χ3n) is 5.47. The molecule has 1 aromatic rings. The van der Waals surface area contributed by atoms with Gasteiger partial charge in [0.05, 0.1) is 19.0 Å². The summed E-state index contributed by atoms with van der Waals surface area (Å²) in [6.45, 7) is 1.50. The van der Waals surface area contributed by atoms with Crippen molar-refractivity contribution in [2.45, 2.75) is 57.7 Å². The molecule has 9 nitrogen and oxygen atoms in total. The first-order valence-electron chi connectivity index (χ1n) is 10.7. The highest BCUT2D eigenvalue weighted by atomic mass is 19.1. The second-order valence-electron chi connectivity index (χ2n) is 7.83. The van der Waals surface area contributed by atoms with E-state index in [9.17, 15) is 28.4 Å². The van der Waals surface area contributed by atoms with Crippen molar-refractivity contribution in [1.29, 1.82) is 0 Å². The van der Waals surface area contributed by atoms with Gasteiger partial charge in [-0.1, -0.05) is 26.2 Å². The SMILES string of the molecule is CCCCCC(CN(O)C=O)C(=O)N1C[C@H](F)CCC1C(=O)Nc1ccc(F)c[n+]1OC. The highest BCUT2D eigenvalue weighted by Gasteiger charge is 2.41. The highest BCUT2D eigenvalue weighted by molar-refractivity contribution is 5.96. The molecule has 178 valence electrons. The number of pyridine rings is 1. The van der Waals surface area contributed by atoms with Gasteiger partial charge in [-0.2, -0.15) is 0 Å². The molecule has 2 N–H and O–H groups in total. The van der Waals surface area contributed by atoms with Crippen LogP contribution in [0.4, 0.5) is 14.6 Å². The summed E-state index contributed by atoms with van der Waals surface area (Å²) in [6, 6.07) is 1.50. The molecule has 0 aliphatic carbocycles. The van der Waals surface area contributed by atoms with Crippen molar-refractivity contribution in [1.82, 2.24) is 9.96 Å². The number of carbonyl (C=O) groups is 3. The minimum atomic E-state index is -1.29. The van der Waals surface area contributed by atoms with Crippen LogP contribution in [0.15, 0.2) is 18.3 Å². The van der Waals surface area contributed by atoms with Gasteiger partial charge in [-0.3, -0.25) is 14.8 Å². The zero-order valence-electron chi connectivity index (χ0n) is 18.4. The molecule has 3 amide bonds. The molecule has 32 heavy (non-hydrogen) atoms. The van der Waals surface area contributed by atoms with Gasteiger partial charge in [0, 0.05) is 6.07 Å². The number of carbonyl (C=O) groups excluding carboxylic acids is 3. The average Bonchev–Trinajstić information content (AvgIpc) is 2.78. The zero-order chi connectivity index (χ0) is 23.7. The molecule has 11 heteroatoms. The number of hydroxylamine groups is 2. The number of hydrogen-bond acceptors (Lipinski definition) is 5. The molecule has 0 bridgehead atoms.